The zero-order chi connectivity index (χ0) is 7.94. The van der Waals surface area contributed by atoms with Gasteiger partial charge in [0, 0.05) is 0 Å². The highest BCUT2D eigenvalue weighted by Gasteiger charge is 2.12. The molecule has 0 aromatic rings. The van der Waals surface area contributed by atoms with E-state index in [0.29, 0.717) is 19.1 Å². The second-order valence-electron chi connectivity index (χ2n) is 2.73. The Morgan fingerprint density at radius 2 is 2.08 bits per heavy atom. The van der Waals surface area contributed by atoms with Crippen LogP contribution in [0.3, 0.4) is 0 Å². The summed E-state index contributed by atoms with van der Waals surface area (Å²) < 4.78 is 5.46. The maximum Gasteiger partial charge on any atom is 0.0645 e. The number of piperidine rings is 1. The molecule has 1 N–H and O–H groups in total. The summed E-state index contributed by atoms with van der Waals surface area (Å²) in [5.74, 6) is 0. The van der Waals surface area contributed by atoms with E-state index in [1.807, 2.05) is 0 Å². The van der Waals surface area contributed by atoms with E-state index in [9.17, 15) is 0 Å². The highest BCUT2D eigenvalue weighted by molar-refractivity contribution is 5.85. The lowest BCUT2D eigenvalue weighted by molar-refractivity contribution is 0.0364. The Kier molecular flexibility index (Phi) is 7.17. The number of hydrogen-bond acceptors (Lipinski definition) is 3. The van der Waals surface area contributed by atoms with Crippen molar-refractivity contribution in [1.29, 1.82) is 5.26 Å². The topological polar surface area (TPSA) is 45.0 Å². The molecular weight excluding hydrogens is 176 g/mol. The van der Waals surface area contributed by atoms with Crippen LogP contribution in [-0.4, -0.2) is 25.8 Å². The number of halogens is 1. The van der Waals surface area contributed by atoms with E-state index in [1.165, 1.54) is 0 Å². The summed E-state index contributed by atoms with van der Waals surface area (Å²) in [7, 11) is 0. The monoisotopic (exact) mass is 190 g/mol. The summed E-state index contributed by atoms with van der Waals surface area (Å²) in [6.07, 6.45) is 3.09. The van der Waals surface area contributed by atoms with Gasteiger partial charge in [-0.1, -0.05) is 0 Å². The maximum atomic E-state index is 8.25. The molecule has 4 heteroatoms. The standard InChI is InChI=1S/C8H14N2O.ClH/c9-4-1-7-11-8-2-5-10-6-3-8;/h8,10H,1-3,5-7H2;1H. The first-order valence-electron chi connectivity index (χ1n) is 4.13. The summed E-state index contributed by atoms with van der Waals surface area (Å²) in [6.45, 7) is 2.70. The number of hydrogen-bond donors (Lipinski definition) is 1. The third-order valence-electron chi connectivity index (χ3n) is 1.85. The highest BCUT2D eigenvalue weighted by Crippen LogP contribution is 2.06. The van der Waals surface area contributed by atoms with Crippen molar-refractivity contribution in [2.24, 2.45) is 0 Å². The van der Waals surface area contributed by atoms with E-state index in [2.05, 4.69) is 11.4 Å². The molecule has 0 aliphatic carbocycles. The normalized spacial score (nSPS) is 17.9. The molecule has 12 heavy (non-hydrogen) atoms. The van der Waals surface area contributed by atoms with Crippen molar-refractivity contribution in [3.8, 4) is 6.07 Å². The van der Waals surface area contributed by atoms with Crippen molar-refractivity contribution in [3.63, 3.8) is 0 Å². The van der Waals surface area contributed by atoms with Gasteiger partial charge >= 0.3 is 0 Å². The molecule has 1 aliphatic rings. The van der Waals surface area contributed by atoms with E-state index < -0.39 is 0 Å². The predicted octanol–water partition coefficient (Wildman–Crippen LogP) is 1.09. The molecular formula is C8H15ClN2O. The quantitative estimate of drug-likeness (QED) is 0.678. The van der Waals surface area contributed by atoms with E-state index in [-0.39, 0.29) is 12.4 Å². The molecule has 0 saturated carbocycles. The van der Waals surface area contributed by atoms with Crippen LogP contribution in [0.25, 0.3) is 0 Å². The van der Waals surface area contributed by atoms with Gasteiger partial charge in [-0.25, -0.2) is 0 Å². The second-order valence-corrected chi connectivity index (χ2v) is 2.73. The van der Waals surface area contributed by atoms with E-state index in [1.54, 1.807) is 0 Å². The maximum absolute atomic E-state index is 8.25. The van der Waals surface area contributed by atoms with Gasteiger partial charge in [0.05, 0.1) is 25.2 Å². The van der Waals surface area contributed by atoms with Crippen molar-refractivity contribution in [2.75, 3.05) is 19.7 Å². The molecule has 0 bridgehead atoms. The third-order valence-corrected chi connectivity index (χ3v) is 1.85. The highest BCUT2D eigenvalue weighted by atomic mass is 35.5. The Morgan fingerprint density at radius 1 is 1.42 bits per heavy atom. The summed E-state index contributed by atoms with van der Waals surface area (Å²) in [4.78, 5) is 0. The lowest BCUT2D eigenvalue weighted by atomic mass is 10.1. The van der Waals surface area contributed by atoms with Crippen LogP contribution >= 0.6 is 12.4 Å². The van der Waals surface area contributed by atoms with Crippen LogP contribution in [0.2, 0.25) is 0 Å². The first-order chi connectivity index (χ1) is 5.43. The Morgan fingerprint density at radius 3 is 2.67 bits per heavy atom. The van der Waals surface area contributed by atoms with Gasteiger partial charge in [-0.3, -0.25) is 0 Å². The van der Waals surface area contributed by atoms with Crippen molar-refractivity contribution in [1.82, 2.24) is 5.32 Å². The van der Waals surface area contributed by atoms with Crippen LogP contribution in [0.5, 0.6) is 0 Å². The van der Waals surface area contributed by atoms with Gasteiger partial charge in [-0.05, 0) is 25.9 Å². The van der Waals surface area contributed by atoms with Gasteiger partial charge in [0.2, 0.25) is 0 Å². The van der Waals surface area contributed by atoms with Gasteiger partial charge in [-0.2, -0.15) is 5.26 Å². The van der Waals surface area contributed by atoms with Crippen molar-refractivity contribution < 1.29 is 4.74 Å². The van der Waals surface area contributed by atoms with Gasteiger partial charge in [0.25, 0.3) is 0 Å². The molecule has 1 saturated heterocycles. The number of nitriles is 1. The van der Waals surface area contributed by atoms with E-state index in [4.69, 9.17) is 10.00 Å². The molecule has 70 valence electrons. The van der Waals surface area contributed by atoms with Gasteiger partial charge in [0.15, 0.2) is 0 Å². The fraction of sp³-hybridized carbons (Fsp3) is 0.875. The molecule has 0 atom stereocenters. The average Bonchev–Trinajstić information content (AvgIpc) is 2.07. The number of ether oxygens (including phenoxy) is 1. The Balaban J connectivity index is 0.00000121. The van der Waals surface area contributed by atoms with Crippen molar-refractivity contribution >= 4 is 12.4 Å². The minimum absolute atomic E-state index is 0. The number of nitrogens with zero attached hydrogens (tertiary/aromatic N) is 1. The van der Waals surface area contributed by atoms with Crippen molar-refractivity contribution in [3.05, 3.63) is 0 Å². The van der Waals surface area contributed by atoms with Crippen LogP contribution in [-0.2, 0) is 4.74 Å². The molecule has 1 rings (SSSR count). The number of nitrogens with one attached hydrogen (secondary N) is 1. The van der Waals surface area contributed by atoms with Crippen LogP contribution in [0, 0.1) is 11.3 Å². The molecule has 0 radical (unpaired) electrons. The molecule has 0 aromatic carbocycles. The lowest BCUT2D eigenvalue weighted by Gasteiger charge is -2.22. The minimum atomic E-state index is 0. The summed E-state index contributed by atoms with van der Waals surface area (Å²) in [5.41, 5.74) is 0. The van der Waals surface area contributed by atoms with Gasteiger partial charge in [0.1, 0.15) is 0 Å². The van der Waals surface area contributed by atoms with E-state index in [0.717, 1.165) is 25.9 Å². The molecule has 1 aliphatic heterocycles. The molecule has 1 fully saturated rings. The molecule has 0 spiro atoms. The Hall–Kier alpha value is -0.300. The van der Waals surface area contributed by atoms with Gasteiger partial charge < -0.3 is 10.1 Å². The van der Waals surface area contributed by atoms with Crippen LogP contribution in [0.1, 0.15) is 19.3 Å². The summed E-state index contributed by atoms with van der Waals surface area (Å²) in [6, 6.07) is 2.07. The third kappa shape index (κ3) is 4.55. The summed E-state index contributed by atoms with van der Waals surface area (Å²) >= 11 is 0. The zero-order valence-electron chi connectivity index (χ0n) is 7.08. The zero-order valence-corrected chi connectivity index (χ0v) is 7.90. The molecule has 1 heterocycles. The Labute approximate surface area is 79.5 Å². The van der Waals surface area contributed by atoms with Crippen LogP contribution in [0.4, 0.5) is 0 Å². The van der Waals surface area contributed by atoms with Crippen LogP contribution < -0.4 is 5.32 Å². The molecule has 3 nitrogen and oxygen atoms in total. The minimum Gasteiger partial charge on any atom is -0.377 e. The van der Waals surface area contributed by atoms with Crippen LogP contribution in [0.15, 0.2) is 0 Å². The summed E-state index contributed by atoms with van der Waals surface area (Å²) in [5, 5.41) is 11.5. The molecule has 0 aromatic heterocycles. The number of rotatable bonds is 3. The molecule has 0 amide bonds. The van der Waals surface area contributed by atoms with Gasteiger partial charge in [-0.15, -0.1) is 12.4 Å². The largest absolute Gasteiger partial charge is 0.377 e. The van der Waals surface area contributed by atoms with Crippen molar-refractivity contribution in [2.45, 2.75) is 25.4 Å². The fourth-order valence-electron chi connectivity index (χ4n) is 1.23. The van der Waals surface area contributed by atoms with E-state index >= 15 is 0 Å². The average molecular weight is 191 g/mol. The first kappa shape index (κ1) is 11.7. The Bertz CT molecular complexity index is 140. The smallest absolute Gasteiger partial charge is 0.0645 e. The second kappa shape index (κ2) is 7.35. The predicted molar refractivity (Wildman–Crippen MR) is 49.3 cm³/mol. The molecule has 0 unspecified atom stereocenters. The fourth-order valence-corrected chi connectivity index (χ4v) is 1.23. The first-order valence-corrected chi connectivity index (χ1v) is 4.13. The SMILES string of the molecule is Cl.N#CCCOC1CCNCC1. The lowest BCUT2D eigenvalue weighted by Crippen LogP contribution is -2.32.